The monoisotopic (exact) mass is 549 g/mol. The third-order valence-corrected chi connectivity index (χ3v) is 6.79. The molecule has 1 saturated carbocycles. The maximum atomic E-state index is 12.9. The first-order chi connectivity index (χ1) is 16.7. The van der Waals surface area contributed by atoms with Gasteiger partial charge in [0.05, 0.1) is 6.61 Å². The molecule has 5 nitrogen and oxygen atoms in total. The van der Waals surface area contributed by atoms with Gasteiger partial charge in [0.2, 0.25) is 0 Å². The molecular weight excluding hydrogens is 519 g/mol. The standard InChI is InChI=1S/C25H31Cl2F2NO4S/c1-4-18(26)17(19(27)5-2)13-22(33-24(31)20(30)10-11-35-3)16-8-9-21(34-25(28)29)23(12-16)32-14-15-6-7-15/h4-5,8-9,12,15,20,22,25H,1,6-7,10-11,13-14,30H2,2-3H3/b18-17+,19-5+/t20-,22+/m1/s1. The molecule has 2 atom stereocenters. The third kappa shape index (κ3) is 9.67. The summed E-state index contributed by atoms with van der Waals surface area (Å²) in [7, 11) is 0. The number of benzene rings is 1. The molecule has 194 valence electrons. The Labute approximate surface area is 219 Å². The van der Waals surface area contributed by atoms with Crippen LogP contribution in [0.15, 0.2) is 52.6 Å². The van der Waals surface area contributed by atoms with Crippen molar-refractivity contribution in [2.24, 2.45) is 11.7 Å². The third-order valence-electron chi connectivity index (χ3n) is 5.32. The Balaban J connectivity index is 2.43. The second kappa shape index (κ2) is 14.7. The van der Waals surface area contributed by atoms with Crippen molar-refractivity contribution in [3.05, 3.63) is 58.1 Å². The first kappa shape index (κ1) is 29.5. The zero-order chi connectivity index (χ0) is 26.0. The number of ether oxygens (including phenoxy) is 3. The Hall–Kier alpha value is -1.74. The van der Waals surface area contributed by atoms with Crippen LogP contribution in [0.2, 0.25) is 0 Å². The number of rotatable bonds is 15. The molecule has 35 heavy (non-hydrogen) atoms. The summed E-state index contributed by atoms with van der Waals surface area (Å²) in [5.74, 6) is 0.522. The van der Waals surface area contributed by atoms with E-state index in [2.05, 4.69) is 11.3 Å². The first-order valence-electron chi connectivity index (χ1n) is 11.2. The fraction of sp³-hybridized carbons (Fsp3) is 0.480. The van der Waals surface area contributed by atoms with E-state index in [-0.39, 0.29) is 17.9 Å². The summed E-state index contributed by atoms with van der Waals surface area (Å²) in [5, 5.41) is 0.661. The molecule has 0 spiro atoms. The number of hydrogen-bond acceptors (Lipinski definition) is 6. The zero-order valence-corrected chi connectivity index (χ0v) is 22.1. The lowest BCUT2D eigenvalue weighted by Crippen LogP contribution is -2.34. The van der Waals surface area contributed by atoms with Gasteiger partial charge in [0.15, 0.2) is 11.5 Å². The Morgan fingerprint density at radius 3 is 2.60 bits per heavy atom. The van der Waals surface area contributed by atoms with Gasteiger partial charge in [-0.15, -0.1) is 0 Å². The van der Waals surface area contributed by atoms with Crippen molar-refractivity contribution in [3.8, 4) is 11.5 Å². The van der Waals surface area contributed by atoms with E-state index >= 15 is 0 Å². The maximum Gasteiger partial charge on any atom is 0.387 e. The second-order valence-electron chi connectivity index (χ2n) is 8.02. The summed E-state index contributed by atoms with van der Waals surface area (Å²) in [6.45, 7) is 2.80. The number of halogens is 4. The van der Waals surface area contributed by atoms with Crippen LogP contribution in [0, 0.1) is 5.92 Å². The van der Waals surface area contributed by atoms with E-state index < -0.39 is 24.7 Å². The summed E-state index contributed by atoms with van der Waals surface area (Å²) < 4.78 is 42.1. The minimum Gasteiger partial charge on any atom is -0.489 e. The number of hydrogen-bond donors (Lipinski definition) is 1. The topological polar surface area (TPSA) is 70.8 Å². The molecule has 2 N–H and O–H groups in total. The van der Waals surface area contributed by atoms with Gasteiger partial charge in [-0.05, 0) is 67.4 Å². The largest absolute Gasteiger partial charge is 0.489 e. The molecular formula is C25H31Cl2F2NO4S. The number of allylic oxidation sites excluding steroid dienone is 4. The quantitative estimate of drug-likeness (QED) is 0.188. The molecule has 1 fully saturated rings. The highest BCUT2D eigenvalue weighted by Gasteiger charge is 2.27. The lowest BCUT2D eigenvalue weighted by atomic mass is 9.99. The molecule has 1 aromatic carbocycles. The molecule has 1 aliphatic carbocycles. The molecule has 0 amide bonds. The van der Waals surface area contributed by atoms with Gasteiger partial charge in [-0.25, -0.2) is 0 Å². The van der Waals surface area contributed by atoms with Gasteiger partial charge in [-0.2, -0.15) is 20.5 Å². The minimum atomic E-state index is -3.01. The van der Waals surface area contributed by atoms with E-state index in [1.807, 2.05) is 6.26 Å². The highest BCUT2D eigenvalue weighted by atomic mass is 35.5. The normalized spacial score (nSPS) is 16.4. The van der Waals surface area contributed by atoms with Crippen LogP contribution in [0.3, 0.4) is 0 Å². The fourth-order valence-corrected chi connectivity index (χ4v) is 4.03. The molecule has 0 unspecified atom stereocenters. The Morgan fingerprint density at radius 2 is 2.03 bits per heavy atom. The number of alkyl halides is 2. The van der Waals surface area contributed by atoms with Crippen LogP contribution in [0.25, 0.3) is 0 Å². The van der Waals surface area contributed by atoms with E-state index in [0.717, 1.165) is 12.8 Å². The van der Waals surface area contributed by atoms with Crippen LogP contribution in [-0.4, -0.2) is 37.2 Å². The van der Waals surface area contributed by atoms with Crippen molar-refractivity contribution < 1.29 is 27.8 Å². The van der Waals surface area contributed by atoms with Crippen molar-refractivity contribution in [1.82, 2.24) is 0 Å². The van der Waals surface area contributed by atoms with Crippen molar-refractivity contribution in [1.29, 1.82) is 0 Å². The maximum absolute atomic E-state index is 12.9. The minimum absolute atomic E-state index is 0.0995. The molecule has 0 aromatic heterocycles. The van der Waals surface area contributed by atoms with Gasteiger partial charge < -0.3 is 19.9 Å². The predicted octanol–water partition coefficient (Wildman–Crippen LogP) is 6.95. The Bertz CT molecular complexity index is 938. The fourth-order valence-electron chi connectivity index (χ4n) is 3.13. The molecule has 10 heteroatoms. The van der Waals surface area contributed by atoms with Crippen molar-refractivity contribution >= 4 is 40.9 Å². The Kier molecular flexibility index (Phi) is 12.4. The van der Waals surface area contributed by atoms with Crippen LogP contribution >= 0.6 is 35.0 Å². The first-order valence-corrected chi connectivity index (χ1v) is 13.3. The van der Waals surface area contributed by atoms with Crippen molar-refractivity contribution in [2.45, 2.75) is 51.4 Å². The lowest BCUT2D eigenvalue weighted by molar-refractivity contribution is -0.151. The number of esters is 1. The smallest absolute Gasteiger partial charge is 0.387 e. The highest BCUT2D eigenvalue weighted by Crippen LogP contribution is 2.39. The number of carbonyl (C=O) groups is 1. The van der Waals surface area contributed by atoms with Gasteiger partial charge >= 0.3 is 12.6 Å². The molecule has 0 heterocycles. The van der Waals surface area contributed by atoms with Crippen LogP contribution in [0.1, 0.15) is 44.3 Å². The average molecular weight is 550 g/mol. The SMILES string of the molecule is C=C/C(Cl)=C(C[C@H](OC(=O)[C@H](N)CCSC)c1ccc(OC(F)F)c(OCC2CC2)c1)\C(Cl)=C/C. The highest BCUT2D eigenvalue weighted by molar-refractivity contribution is 7.98. The van der Waals surface area contributed by atoms with Gasteiger partial charge in [0.25, 0.3) is 0 Å². The van der Waals surface area contributed by atoms with Crippen molar-refractivity contribution in [3.63, 3.8) is 0 Å². The van der Waals surface area contributed by atoms with Crippen LogP contribution < -0.4 is 15.2 Å². The predicted molar refractivity (Wildman–Crippen MR) is 138 cm³/mol. The summed E-state index contributed by atoms with van der Waals surface area (Å²) in [4.78, 5) is 12.8. The van der Waals surface area contributed by atoms with Gasteiger partial charge in [-0.1, -0.05) is 48.0 Å². The number of nitrogens with two attached hydrogens (primary N) is 1. The molecule has 0 aliphatic heterocycles. The summed E-state index contributed by atoms with van der Waals surface area (Å²) in [6, 6.07) is 3.62. The van der Waals surface area contributed by atoms with E-state index in [4.69, 9.17) is 38.4 Å². The molecule has 0 radical (unpaired) electrons. The summed E-state index contributed by atoms with van der Waals surface area (Å²) >= 11 is 14.3. The number of thioether (sulfide) groups is 1. The lowest BCUT2D eigenvalue weighted by Gasteiger charge is -2.23. The van der Waals surface area contributed by atoms with E-state index in [1.54, 1.807) is 24.8 Å². The average Bonchev–Trinajstić information content (AvgIpc) is 3.67. The molecule has 1 aromatic rings. The molecule has 0 saturated heterocycles. The van der Waals surface area contributed by atoms with E-state index in [0.29, 0.717) is 45.9 Å². The zero-order valence-electron chi connectivity index (χ0n) is 19.8. The van der Waals surface area contributed by atoms with Gasteiger partial charge in [-0.3, -0.25) is 4.79 Å². The second-order valence-corrected chi connectivity index (χ2v) is 9.82. The molecule has 1 aliphatic rings. The van der Waals surface area contributed by atoms with Crippen LogP contribution in [0.4, 0.5) is 8.78 Å². The summed E-state index contributed by atoms with van der Waals surface area (Å²) in [5.41, 5.74) is 7.03. The van der Waals surface area contributed by atoms with E-state index in [1.165, 1.54) is 24.3 Å². The molecule has 2 rings (SSSR count). The van der Waals surface area contributed by atoms with Gasteiger partial charge in [0.1, 0.15) is 12.1 Å². The summed E-state index contributed by atoms with van der Waals surface area (Å²) in [6.07, 6.45) is 6.74. The van der Waals surface area contributed by atoms with Crippen LogP contribution in [-0.2, 0) is 9.53 Å². The van der Waals surface area contributed by atoms with Crippen molar-refractivity contribution in [2.75, 3.05) is 18.6 Å². The number of carbonyl (C=O) groups excluding carboxylic acids is 1. The Morgan fingerprint density at radius 1 is 1.31 bits per heavy atom. The van der Waals surface area contributed by atoms with E-state index in [9.17, 15) is 13.6 Å². The van der Waals surface area contributed by atoms with Crippen LogP contribution in [0.5, 0.6) is 11.5 Å². The molecule has 0 bridgehead atoms. The van der Waals surface area contributed by atoms with Gasteiger partial charge in [0, 0.05) is 16.5 Å².